The highest BCUT2D eigenvalue weighted by atomic mass is 16.5. The zero-order chi connectivity index (χ0) is 14.8. The molecule has 7 nitrogen and oxygen atoms in total. The van der Waals surface area contributed by atoms with E-state index in [1.807, 2.05) is 6.20 Å². The van der Waals surface area contributed by atoms with Gasteiger partial charge >= 0.3 is 5.97 Å². The zero-order valence-electron chi connectivity index (χ0n) is 11.8. The topological polar surface area (TPSA) is 86.0 Å². The van der Waals surface area contributed by atoms with Crippen LogP contribution in [-0.4, -0.2) is 44.8 Å². The maximum atomic E-state index is 11.1. The lowest BCUT2D eigenvalue weighted by Gasteiger charge is -2.41. The quantitative estimate of drug-likeness (QED) is 0.915. The van der Waals surface area contributed by atoms with E-state index in [4.69, 9.17) is 14.6 Å². The maximum Gasteiger partial charge on any atom is 0.356 e. The highest BCUT2D eigenvalue weighted by Gasteiger charge is 2.61. The highest BCUT2D eigenvalue weighted by Crippen LogP contribution is 2.58. The molecule has 4 heterocycles. The SMILES string of the molecule is COc1nc(C(=O)O)cn2cc(C34COC(C)(C3)C4)nc12. The molecule has 7 heteroatoms. The molecule has 21 heavy (non-hydrogen) atoms. The van der Waals surface area contributed by atoms with Gasteiger partial charge in [-0.15, -0.1) is 0 Å². The molecule has 0 aromatic carbocycles. The summed E-state index contributed by atoms with van der Waals surface area (Å²) in [4.78, 5) is 19.7. The first-order valence-electron chi connectivity index (χ1n) is 6.76. The zero-order valence-corrected chi connectivity index (χ0v) is 11.8. The minimum Gasteiger partial charge on any atom is -0.478 e. The van der Waals surface area contributed by atoms with Crippen molar-refractivity contribution in [3.05, 3.63) is 23.8 Å². The summed E-state index contributed by atoms with van der Waals surface area (Å²) in [6, 6.07) is 0. The molecule has 1 aliphatic carbocycles. The van der Waals surface area contributed by atoms with Crippen LogP contribution in [-0.2, 0) is 10.2 Å². The Morgan fingerprint density at radius 2 is 2.19 bits per heavy atom. The number of rotatable bonds is 3. The molecule has 5 rings (SSSR count). The number of ether oxygens (including phenoxy) is 2. The number of aromatic carboxylic acids is 1. The van der Waals surface area contributed by atoms with Crippen LogP contribution in [0, 0.1) is 0 Å². The number of nitrogens with zero attached hydrogens (tertiary/aromatic N) is 3. The molecule has 0 amide bonds. The van der Waals surface area contributed by atoms with Crippen LogP contribution >= 0.6 is 0 Å². The molecule has 0 atom stereocenters. The lowest BCUT2D eigenvalue weighted by molar-refractivity contribution is 0.0154. The lowest BCUT2D eigenvalue weighted by atomic mass is 9.62. The first-order chi connectivity index (χ1) is 9.95. The number of carbonyl (C=O) groups is 1. The maximum absolute atomic E-state index is 11.1. The monoisotopic (exact) mass is 289 g/mol. The Kier molecular flexibility index (Phi) is 2.24. The Hall–Kier alpha value is -2.15. The summed E-state index contributed by atoms with van der Waals surface area (Å²) in [5.41, 5.74) is 1.31. The average Bonchev–Trinajstić information content (AvgIpc) is 3.06. The number of hydrogen-bond donors (Lipinski definition) is 1. The van der Waals surface area contributed by atoms with Gasteiger partial charge in [-0.1, -0.05) is 0 Å². The third kappa shape index (κ3) is 1.61. The molecule has 0 radical (unpaired) electrons. The number of imidazole rings is 1. The van der Waals surface area contributed by atoms with E-state index in [2.05, 4.69) is 16.9 Å². The second kappa shape index (κ2) is 3.73. The van der Waals surface area contributed by atoms with Crippen LogP contribution in [0.25, 0.3) is 5.65 Å². The number of fused-ring (bicyclic) bond motifs is 2. The van der Waals surface area contributed by atoms with Gasteiger partial charge in [0.15, 0.2) is 5.69 Å². The summed E-state index contributed by atoms with van der Waals surface area (Å²) in [6.07, 6.45) is 5.22. The molecule has 1 saturated carbocycles. The predicted octanol–water partition coefficient (Wildman–Crippen LogP) is 1.26. The summed E-state index contributed by atoms with van der Waals surface area (Å²) in [5.74, 6) is -0.873. The van der Waals surface area contributed by atoms with Gasteiger partial charge in [-0.05, 0) is 19.8 Å². The van der Waals surface area contributed by atoms with E-state index in [1.54, 1.807) is 4.40 Å². The molecule has 3 aliphatic rings. The van der Waals surface area contributed by atoms with Crippen LogP contribution in [0.2, 0.25) is 0 Å². The van der Waals surface area contributed by atoms with Crippen LogP contribution in [0.3, 0.4) is 0 Å². The Bertz CT molecular complexity index is 761. The van der Waals surface area contributed by atoms with Gasteiger partial charge < -0.3 is 14.6 Å². The lowest BCUT2D eigenvalue weighted by Crippen LogP contribution is -2.45. The van der Waals surface area contributed by atoms with Crippen molar-refractivity contribution in [2.45, 2.75) is 30.8 Å². The van der Waals surface area contributed by atoms with E-state index in [0.29, 0.717) is 12.3 Å². The first kappa shape index (κ1) is 12.6. The van der Waals surface area contributed by atoms with E-state index >= 15 is 0 Å². The van der Waals surface area contributed by atoms with Crippen molar-refractivity contribution in [3.63, 3.8) is 0 Å². The second-order valence-corrected chi connectivity index (χ2v) is 6.17. The van der Waals surface area contributed by atoms with Gasteiger partial charge in [-0.25, -0.2) is 14.8 Å². The smallest absolute Gasteiger partial charge is 0.356 e. The Morgan fingerprint density at radius 3 is 2.76 bits per heavy atom. The largest absolute Gasteiger partial charge is 0.478 e. The molecule has 2 saturated heterocycles. The Labute approximate surface area is 120 Å². The summed E-state index contributed by atoms with van der Waals surface area (Å²) >= 11 is 0. The van der Waals surface area contributed by atoms with Gasteiger partial charge in [0.25, 0.3) is 5.88 Å². The van der Waals surface area contributed by atoms with Crippen molar-refractivity contribution in [2.24, 2.45) is 0 Å². The third-order valence-electron chi connectivity index (χ3n) is 4.48. The molecule has 2 aromatic rings. The van der Waals surface area contributed by atoms with Gasteiger partial charge in [-0.3, -0.25) is 4.40 Å². The second-order valence-electron chi connectivity index (χ2n) is 6.17. The normalized spacial score (nSPS) is 30.4. The number of methoxy groups -OCH3 is 1. The van der Waals surface area contributed by atoms with Gasteiger partial charge in [0.2, 0.25) is 5.65 Å². The van der Waals surface area contributed by atoms with Crippen LogP contribution < -0.4 is 4.74 Å². The summed E-state index contributed by atoms with van der Waals surface area (Å²) in [7, 11) is 1.46. The van der Waals surface area contributed by atoms with Crippen molar-refractivity contribution >= 4 is 11.6 Å². The summed E-state index contributed by atoms with van der Waals surface area (Å²) in [6.45, 7) is 2.77. The van der Waals surface area contributed by atoms with Crippen molar-refractivity contribution < 1.29 is 19.4 Å². The van der Waals surface area contributed by atoms with Crippen LogP contribution in [0.1, 0.15) is 35.9 Å². The minimum atomic E-state index is -1.09. The fraction of sp³-hybridized carbons (Fsp3) is 0.500. The molecule has 2 aromatic heterocycles. The van der Waals surface area contributed by atoms with E-state index in [1.165, 1.54) is 13.3 Å². The Balaban J connectivity index is 1.85. The molecular weight excluding hydrogens is 274 g/mol. The van der Waals surface area contributed by atoms with Crippen molar-refractivity contribution in [3.8, 4) is 5.88 Å². The fourth-order valence-electron chi connectivity index (χ4n) is 3.62. The van der Waals surface area contributed by atoms with E-state index < -0.39 is 5.97 Å². The first-order valence-corrected chi connectivity index (χ1v) is 6.76. The summed E-state index contributed by atoms with van der Waals surface area (Å²) < 4.78 is 12.6. The molecule has 110 valence electrons. The van der Waals surface area contributed by atoms with Crippen LogP contribution in [0.4, 0.5) is 0 Å². The standard InChI is InChI=1S/C14H15N3O4/c1-13-5-14(6-13,7-21-13)9-4-17-3-8(12(18)19)15-11(20-2)10(17)16-9/h3-4H,5-7H2,1-2H3,(H,18,19). The molecule has 2 aliphatic heterocycles. The van der Waals surface area contributed by atoms with Crippen LogP contribution in [0.5, 0.6) is 5.88 Å². The predicted molar refractivity (Wildman–Crippen MR) is 71.8 cm³/mol. The van der Waals surface area contributed by atoms with E-state index in [0.717, 1.165) is 18.5 Å². The molecule has 0 spiro atoms. The Morgan fingerprint density at radius 1 is 1.43 bits per heavy atom. The van der Waals surface area contributed by atoms with Gasteiger partial charge in [0.1, 0.15) is 0 Å². The average molecular weight is 289 g/mol. The minimum absolute atomic E-state index is 0.0235. The molecule has 3 fully saturated rings. The van der Waals surface area contributed by atoms with E-state index in [9.17, 15) is 4.79 Å². The third-order valence-corrected chi connectivity index (χ3v) is 4.48. The van der Waals surface area contributed by atoms with Crippen molar-refractivity contribution in [1.82, 2.24) is 14.4 Å². The van der Waals surface area contributed by atoms with Crippen LogP contribution in [0.15, 0.2) is 12.4 Å². The van der Waals surface area contributed by atoms with Crippen molar-refractivity contribution in [2.75, 3.05) is 13.7 Å². The summed E-state index contributed by atoms with van der Waals surface area (Å²) in [5, 5.41) is 9.10. The number of aromatic nitrogens is 3. The molecule has 2 bridgehead atoms. The fourth-order valence-corrected chi connectivity index (χ4v) is 3.62. The molecule has 0 unspecified atom stereocenters. The van der Waals surface area contributed by atoms with E-state index in [-0.39, 0.29) is 22.6 Å². The van der Waals surface area contributed by atoms with Crippen molar-refractivity contribution in [1.29, 1.82) is 0 Å². The number of hydrogen-bond acceptors (Lipinski definition) is 5. The number of carboxylic acids is 1. The molecule has 1 N–H and O–H groups in total. The van der Waals surface area contributed by atoms with Gasteiger partial charge in [-0.2, -0.15) is 0 Å². The van der Waals surface area contributed by atoms with Gasteiger partial charge in [0.05, 0.1) is 25.0 Å². The number of carboxylic acid groups (broad SMARTS) is 1. The molecular formula is C14H15N3O4. The highest BCUT2D eigenvalue weighted by molar-refractivity contribution is 5.85. The van der Waals surface area contributed by atoms with Gasteiger partial charge in [0, 0.05) is 17.8 Å².